The first kappa shape index (κ1) is 20.5. The van der Waals surface area contributed by atoms with Gasteiger partial charge in [-0.2, -0.15) is 0 Å². The van der Waals surface area contributed by atoms with Crippen molar-refractivity contribution in [1.29, 1.82) is 0 Å². The number of hydrogen-bond acceptors (Lipinski definition) is 7. The zero-order chi connectivity index (χ0) is 19.6. The quantitative estimate of drug-likeness (QED) is 0.504. The van der Waals surface area contributed by atoms with E-state index in [1.165, 1.54) is 9.88 Å². The number of hydrogen-bond donors (Lipinski definition) is 2. The van der Waals surface area contributed by atoms with Gasteiger partial charge < -0.3 is 15.5 Å². The van der Waals surface area contributed by atoms with Crippen LogP contribution < -0.4 is 15.5 Å². The van der Waals surface area contributed by atoms with E-state index in [9.17, 15) is 0 Å². The minimum Gasteiger partial charge on any atom is -0.356 e. The van der Waals surface area contributed by atoms with Crippen LogP contribution in [-0.4, -0.2) is 78.7 Å². The third kappa shape index (κ3) is 6.13. The van der Waals surface area contributed by atoms with Crippen LogP contribution in [-0.2, 0) is 12.8 Å². The maximum absolute atomic E-state index is 4.46. The van der Waals surface area contributed by atoms with Gasteiger partial charge in [0, 0.05) is 82.7 Å². The van der Waals surface area contributed by atoms with Crippen LogP contribution in [0.2, 0.25) is 0 Å². The second kappa shape index (κ2) is 10.9. The molecule has 0 atom stereocenters. The van der Waals surface area contributed by atoms with Crippen LogP contribution >= 0.6 is 11.3 Å². The first-order valence-corrected chi connectivity index (χ1v) is 10.7. The molecular weight excluding hydrogens is 372 g/mol. The van der Waals surface area contributed by atoms with Crippen molar-refractivity contribution in [3.8, 4) is 0 Å². The molecule has 152 valence electrons. The van der Waals surface area contributed by atoms with Gasteiger partial charge in [0.25, 0.3) is 0 Å². The van der Waals surface area contributed by atoms with Crippen LogP contribution in [0.3, 0.4) is 0 Å². The topological polar surface area (TPSA) is 81.6 Å². The fraction of sp³-hybridized carbons (Fsp3) is 0.579. The van der Waals surface area contributed by atoms with Crippen molar-refractivity contribution < 1.29 is 0 Å². The first-order valence-electron chi connectivity index (χ1n) is 9.91. The number of aromatic nitrogens is 3. The molecular formula is C19H30N8S. The Morgan fingerprint density at radius 2 is 1.86 bits per heavy atom. The molecule has 0 aliphatic carbocycles. The van der Waals surface area contributed by atoms with Crippen LogP contribution in [0, 0.1) is 0 Å². The molecule has 0 saturated carbocycles. The van der Waals surface area contributed by atoms with Crippen LogP contribution in [0.25, 0.3) is 0 Å². The van der Waals surface area contributed by atoms with E-state index in [-0.39, 0.29) is 0 Å². The molecule has 3 heterocycles. The fourth-order valence-corrected chi connectivity index (χ4v) is 3.96. The largest absolute Gasteiger partial charge is 0.356 e. The molecule has 0 spiro atoms. The summed E-state index contributed by atoms with van der Waals surface area (Å²) in [6.45, 7) is 8.85. The summed E-state index contributed by atoms with van der Waals surface area (Å²) in [5.74, 6) is 1.68. The highest BCUT2D eigenvalue weighted by molar-refractivity contribution is 7.11. The maximum Gasteiger partial charge on any atom is 0.225 e. The molecule has 2 aromatic rings. The summed E-state index contributed by atoms with van der Waals surface area (Å²) < 4.78 is 0. The molecule has 3 rings (SSSR count). The van der Waals surface area contributed by atoms with Crippen molar-refractivity contribution in [3.63, 3.8) is 0 Å². The minimum atomic E-state index is 0.830. The van der Waals surface area contributed by atoms with Crippen molar-refractivity contribution in [1.82, 2.24) is 30.5 Å². The number of anilines is 1. The third-order valence-electron chi connectivity index (χ3n) is 4.73. The number of aryl methyl sites for hydroxylation is 1. The predicted octanol–water partition coefficient (Wildman–Crippen LogP) is 1.03. The van der Waals surface area contributed by atoms with E-state index in [0.29, 0.717) is 0 Å². The van der Waals surface area contributed by atoms with E-state index in [4.69, 9.17) is 0 Å². The second-order valence-corrected chi connectivity index (χ2v) is 7.83. The van der Waals surface area contributed by atoms with Crippen molar-refractivity contribution in [2.24, 2.45) is 4.99 Å². The van der Waals surface area contributed by atoms with Crippen molar-refractivity contribution in [2.45, 2.75) is 19.8 Å². The predicted molar refractivity (Wildman–Crippen MR) is 115 cm³/mol. The Balaban J connectivity index is 1.30. The fourth-order valence-electron chi connectivity index (χ4n) is 3.09. The number of rotatable bonds is 8. The number of guanidine groups is 1. The average molecular weight is 403 g/mol. The minimum absolute atomic E-state index is 0.830. The molecule has 2 N–H and O–H groups in total. The van der Waals surface area contributed by atoms with Crippen molar-refractivity contribution in [2.75, 3.05) is 57.8 Å². The highest BCUT2D eigenvalue weighted by Gasteiger charge is 2.18. The Morgan fingerprint density at radius 1 is 1.11 bits per heavy atom. The average Bonchev–Trinajstić information content (AvgIpc) is 3.22. The molecule has 0 radical (unpaired) electrons. The van der Waals surface area contributed by atoms with Crippen LogP contribution in [0.1, 0.15) is 16.8 Å². The van der Waals surface area contributed by atoms with Crippen molar-refractivity contribution in [3.05, 3.63) is 34.5 Å². The number of aliphatic imine (C=N–C) groups is 1. The molecule has 1 saturated heterocycles. The van der Waals surface area contributed by atoms with Gasteiger partial charge in [-0.3, -0.25) is 9.89 Å². The van der Waals surface area contributed by atoms with Gasteiger partial charge in [-0.15, -0.1) is 11.3 Å². The third-order valence-corrected chi connectivity index (χ3v) is 5.93. The molecule has 0 unspecified atom stereocenters. The molecule has 8 nitrogen and oxygen atoms in total. The van der Waals surface area contributed by atoms with E-state index in [1.807, 2.05) is 19.3 Å². The van der Waals surface area contributed by atoms with E-state index in [2.05, 4.69) is 47.3 Å². The molecule has 0 amide bonds. The van der Waals surface area contributed by atoms with Crippen LogP contribution in [0.15, 0.2) is 29.6 Å². The van der Waals surface area contributed by atoms with Gasteiger partial charge in [-0.1, -0.05) is 6.92 Å². The Labute approximate surface area is 171 Å². The lowest BCUT2D eigenvalue weighted by molar-refractivity contribution is 0.260. The maximum atomic E-state index is 4.46. The Morgan fingerprint density at radius 3 is 2.54 bits per heavy atom. The van der Waals surface area contributed by atoms with Gasteiger partial charge in [-0.05, 0) is 12.5 Å². The Kier molecular flexibility index (Phi) is 7.98. The molecule has 9 heteroatoms. The summed E-state index contributed by atoms with van der Waals surface area (Å²) in [5.41, 5.74) is 0. The molecule has 0 aromatic carbocycles. The van der Waals surface area contributed by atoms with Gasteiger partial charge >= 0.3 is 0 Å². The van der Waals surface area contributed by atoms with Crippen molar-refractivity contribution >= 4 is 23.2 Å². The van der Waals surface area contributed by atoms with Gasteiger partial charge in [0.1, 0.15) is 0 Å². The summed E-state index contributed by atoms with van der Waals surface area (Å²) in [6, 6.07) is 1.85. The van der Waals surface area contributed by atoms with Gasteiger partial charge in [0.2, 0.25) is 5.95 Å². The van der Waals surface area contributed by atoms with Gasteiger partial charge in [-0.25, -0.2) is 15.0 Å². The summed E-state index contributed by atoms with van der Waals surface area (Å²) >= 11 is 1.80. The monoisotopic (exact) mass is 402 g/mol. The van der Waals surface area contributed by atoms with E-state index >= 15 is 0 Å². The number of nitrogens with zero attached hydrogens (tertiary/aromatic N) is 6. The number of thiazole rings is 1. The number of piperazine rings is 1. The normalized spacial score (nSPS) is 15.6. The lowest BCUT2D eigenvalue weighted by atomic mass is 10.3. The zero-order valence-corrected chi connectivity index (χ0v) is 17.6. The second-order valence-electron chi connectivity index (χ2n) is 6.63. The lowest BCUT2D eigenvalue weighted by Gasteiger charge is -2.34. The summed E-state index contributed by atoms with van der Waals surface area (Å²) in [6.07, 6.45) is 7.56. The van der Waals surface area contributed by atoms with Crippen LogP contribution in [0.4, 0.5) is 5.95 Å². The molecule has 1 fully saturated rings. The summed E-state index contributed by atoms with van der Waals surface area (Å²) in [4.78, 5) is 23.5. The smallest absolute Gasteiger partial charge is 0.225 e. The first-order chi connectivity index (χ1) is 13.8. The Hall–Kier alpha value is -2.26. The molecule has 28 heavy (non-hydrogen) atoms. The molecule has 1 aliphatic heterocycles. The summed E-state index contributed by atoms with van der Waals surface area (Å²) in [5, 5.41) is 7.96. The highest BCUT2D eigenvalue weighted by atomic mass is 32.1. The lowest BCUT2D eigenvalue weighted by Crippen LogP contribution is -2.49. The SMILES string of the molecule is CCc1cnc(CCNC(=NC)NCCN2CCN(c3ncccn3)CC2)s1. The molecule has 2 aromatic heterocycles. The van der Waals surface area contributed by atoms with E-state index in [1.54, 1.807) is 23.7 Å². The van der Waals surface area contributed by atoms with E-state index in [0.717, 1.165) is 70.6 Å². The summed E-state index contributed by atoms with van der Waals surface area (Å²) in [7, 11) is 1.81. The number of nitrogens with one attached hydrogen (secondary N) is 2. The van der Waals surface area contributed by atoms with Crippen LogP contribution in [0.5, 0.6) is 0 Å². The standard InChI is InChI=1S/C19H30N8S/c1-3-16-15-25-17(28-16)5-8-21-18(20-2)22-9-10-26-11-13-27(14-12-26)19-23-6-4-7-24-19/h4,6-7,15H,3,5,8-14H2,1-2H3,(H2,20,21,22). The zero-order valence-electron chi connectivity index (χ0n) is 16.8. The van der Waals surface area contributed by atoms with E-state index < -0.39 is 0 Å². The molecule has 0 bridgehead atoms. The molecule has 1 aliphatic rings. The van der Waals surface area contributed by atoms with Gasteiger partial charge in [0.05, 0.1) is 5.01 Å². The Bertz CT molecular complexity index is 725. The van der Waals surface area contributed by atoms with Gasteiger partial charge in [0.15, 0.2) is 5.96 Å². The highest BCUT2D eigenvalue weighted by Crippen LogP contribution is 2.13.